The van der Waals surface area contributed by atoms with Crippen LogP contribution in [0.1, 0.15) is 13.3 Å². The van der Waals surface area contributed by atoms with Crippen LogP contribution in [0.2, 0.25) is 0 Å². The van der Waals surface area contributed by atoms with Crippen LogP contribution in [0.15, 0.2) is 0 Å². The molecule has 0 spiro atoms. The maximum atomic E-state index is 9.99. The minimum Gasteiger partial charge on any atom is -0.358 e. The van der Waals surface area contributed by atoms with E-state index in [1.165, 1.54) is 13.0 Å². The summed E-state index contributed by atoms with van der Waals surface area (Å²) in [6.07, 6.45) is 2.02. The molecule has 1 rings (SSSR count). The number of likely N-dealkylation sites (tertiary alicyclic amines) is 1. The molecular formula is C8H16N2O. The largest absolute Gasteiger partial charge is 0.358 e. The molecule has 3 nitrogen and oxygen atoms in total. The second kappa shape index (κ2) is 4.34. The van der Waals surface area contributed by atoms with Gasteiger partial charge in [-0.25, -0.2) is 0 Å². The molecule has 1 saturated heterocycles. The Kier molecular flexibility index (Phi) is 3.36. The second-order valence-electron chi connectivity index (χ2n) is 3.07. The quantitative estimate of drug-likeness (QED) is 0.584. The monoisotopic (exact) mass is 156 g/mol. The van der Waals surface area contributed by atoms with Gasteiger partial charge in [0.2, 0.25) is 6.41 Å². The Balaban J connectivity index is 2.13. The van der Waals surface area contributed by atoms with Gasteiger partial charge in [0.15, 0.2) is 0 Å². The average Bonchev–Trinajstić information content (AvgIpc) is 2.48. The molecule has 1 N–H and O–H groups in total. The smallest absolute Gasteiger partial charge is 0.207 e. The molecule has 1 heterocycles. The molecule has 0 bridgehead atoms. The zero-order valence-corrected chi connectivity index (χ0v) is 7.05. The van der Waals surface area contributed by atoms with E-state index in [4.69, 9.17) is 0 Å². The number of amides is 1. The third kappa shape index (κ3) is 2.50. The zero-order valence-electron chi connectivity index (χ0n) is 7.05. The van der Waals surface area contributed by atoms with Gasteiger partial charge in [-0.15, -0.1) is 0 Å². The van der Waals surface area contributed by atoms with Gasteiger partial charge in [-0.3, -0.25) is 4.79 Å². The standard InChI is InChI=1S/C8H16N2O/c1-2-10-4-3-8(6-10)5-9-7-11/h7-8H,2-6H2,1H3,(H,9,11). The van der Waals surface area contributed by atoms with E-state index in [0.717, 1.165) is 26.0 Å². The lowest BCUT2D eigenvalue weighted by Crippen LogP contribution is -2.25. The lowest BCUT2D eigenvalue weighted by Gasteiger charge is -2.12. The van der Waals surface area contributed by atoms with Crippen molar-refractivity contribution >= 4 is 6.41 Å². The van der Waals surface area contributed by atoms with Crippen LogP contribution in [0.5, 0.6) is 0 Å². The molecule has 0 aromatic heterocycles. The van der Waals surface area contributed by atoms with E-state index in [2.05, 4.69) is 17.1 Å². The van der Waals surface area contributed by atoms with Crippen molar-refractivity contribution in [2.24, 2.45) is 5.92 Å². The van der Waals surface area contributed by atoms with Gasteiger partial charge in [-0.2, -0.15) is 0 Å². The fourth-order valence-electron chi connectivity index (χ4n) is 1.58. The first-order valence-corrected chi connectivity index (χ1v) is 4.26. The minimum absolute atomic E-state index is 0.681. The topological polar surface area (TPSA) is 32.3 Å². The van der Waals surface area contributed by atoms with Gasteiger partial charge in [-0.05, 0) is 25.4 Å². The summed E-state index contributed by atoms with van der Waals surface area (Å²) in [6.45, 7) is 6.51. The third-order valence-electron chi connectivity index (χ3n) is 2.31. The number of hydrogen-bond donors (Lipinski definition) is 1. The molecular weight excluding hydrogens is 140 g/mol. The van der Waals surface area contributed by atoms with E-state index in [0.29, 0.717) is 5.92 Å². The van der Waals surface area contributed by atoms with Gasteiger partial charge in [0.25, 0.3) is 0 Å². The predicted molar refractivity (Wildman–Crippen MR) is 44.3 cm³/mol. The molecule has 1 aliphatic rings. The SMILES string of the molecule is CCN1CCC(CNC=O)C1. The van der Waals surface area contributed by atoms with Crippen molar-refractivity contribution in [3.63, 3.8) is 0 Å². The summed E-state index contributed by atoms with van der Waals surface area (Å²) in [5.74, 6) is 0.681. The van der Waals surface area contributed by atoms with E-state index in [-0.39, 0.29) is 0 Å². The summed E-state index contributed by atoms with van der Waals surface area (Å²) in [5.41, 5.74) is 0. The number of hydrogen-bond acceptors (Lipinski definition) is 2. The van der Waals surface area contributed by atoms with Crippen molar-refractivity contribution in [3.8, 4) is 0 Å². The lowest BCUT2D eigenvalue weighted by molar-refractivity contribution is -0.109. The van der Waals surface area contributed by atoms with Crippen molar-refractivity contribution in [1.29, 1.82) is 0 Å². The second-order valence-corrected chi connectivity index (χ2v) is 3.07. The van der Waals surface area contributed by atoms with Crippen molar-refractivity contribution in [1.82, 2.24) is 10.2 Å². The first kappa shape index (κ1) is 8.53. The van der Waals surface area contributed by atoms with Crippen LogP contribution >= 0.6 is 0 Å². The molecule has 3 heteroatoms. The molecule has 0 saturated carbocycles. The van der Waals surface area contributed by atoms with Crippen molar-refractivity contribution in [3.05, 3.63) is 0 Å². The van der Waals surface area contributed by atoms with E-state index in [9.17, 15) is 4.79 Å². The van der Waals surface area contributed by atoms with Gasteiger partial charge in [0, 0.05) is 13.1 Å². The van der Waals surface area contributed by atoms with Crippen LogP contribution < -0.4 is 5.32 Å². The highest BCUT2D eigenvalue weighted by Crippen LogP contribution is 2.13. The maximum absolute atomic E-state index is 9.99. The molecule has 1 amide bonds. The fraction of sp³-hybridized carbons (Fsp3) is 0.875. The Morgan fingerprint density at radius 3 is 3.09 bits per heavy atom. The predicted octanol–water partition coefficient (Wildman–Crippen LogP) is 0.0742. The van der Waals surface area contributed by atoms with Gasteiger partial charge in [0.1, 0.15) is 0 Å². The molecule has 0 aromatic carbocycles. The normalized spacial score (nSPS) is 25.4. The highest BCUT2D eigenvalue weighted by molar-refractivity contribution is 5.45. The molecule has 1 fully saturated rings. The molecule has 1 unspecified atom stereocenters. The number of carbonyl (C=O) groups excluding carboxylic acids is 1. The van der Waals surface area contributed by atoms with E-state index in [1.54, 1.807) is 0 Å². The Bertz CT molecular complexity index is 127. The van der Waals surface area contributed by atoms with Crippen LogP contribution in [0.25, 0.3) is 0 Å². The highest BCUT2D eigenvalue weighted by Gasteiger charge is 2.19. The van der Waals surface area contributed by atoms with Crippen LogP contribution in [0, 0.1) is 5.92 Å². The Morgan fingerprint density at radius 2 is 2.55 bits per heavy atom. The minimum atomic E-state index is 0.681. The molecule has 0 aliphatic carbocycles. The Labute approximate surface area is 67.8 Å². The highest BCUT2D eigenvalue weighted by atomic mass is 16.1. The Hall–Kier alpha value is -0.570. The van der Waals surface area contributed by atoms with Crippen LogP contribution in [-0.2, 0) is 4.79 Å². The number of nitrogens with one attached hydrogen (secondary N) is 1. The first-order valence-electron chi connectivity index (χ1n) is 4.26. The van der Waals surface area contributed by atoms with Crippen molar-refractivity contribution < 1.29 is 4.79 Å². The zero-order chi connectivity index (χ0) is 8.10. The van der Waals surface area contributed by atoms with Crippen LogP contribution in [-0.4, -0.2) is 37.5 Å². The van der Waals surface area contributed by atoms with Gasteiger partial charge in [-0.1, -0.05) is 6.92 Å². The number of rotatable bonds is 4. The first-order chi connectivity index (χ1) is 5.36. The Morgan fingerprint density at radius 1 is 1.73 bits per heavy atom. The van der Waals surface area contributed by atoms with Crippen LogP contribution in [0.4, 0.5) is 0 Å². The lowest BCUT2D eigenvalue weighted by atomic mass is 10.1. The summed E-state index contributed by atoms with van der Waals surface area (Å²) in [5, 5.41) is 2.73. The number of nitrogens with zero attached hydrogens (tertiary/aromatic N) is 1. The fourth-order valence-corrected chi connectivity index (χ4v) is 1.58. The summed E-state index contributed by atoms with van der Waals surface area (Å²) >= 11 is 0. The molecule has 1 atom stereocenters. The summed E-state index contributed by atoms with van der Waals surface area (Å²) in [4.78, 5) is 12.4. The summed E-state index contributed by atoms with van der Waals surface area (Å²) in [6, 6.07) is 0. The van der Waals surface area contributed by atoms with Crippen molar-refractivity contribution in [2.45, 2.75) is 13.3 Å². The van der Waals surface area contributed by atoms with Gasteiger partial charge >= 0.3 is 0 Å². The molecule has 1 aliphatic heterocycles. The van der Waals surface area contributed by atoms with E-state index in [1.807, 2.05) is 0 Å². The van der Waals surface area contributed by atoms with E-state index < -0.39 is 0 Å². The van der Waals surface area contributed by atoms with Crippen molar-refractivity contribution in [2.75, 3.05) is 26.2 Å². The third-order valence-corrected chi connectivity index (χ3v) is 2.31. The van der Waals surface area contributed by atoms with Crippen LogP contribution in [0.3, 0.4) is 0 Å². The maximum Gasteiger partial charge on any atom is 0.207 e. The van der Waals surface area contributed by atoms with E-state index >= 15 is 0 Å². The average molecular weight is 156 g/mol. The molecule has 0 radical (unpaired) electrons. The molecule has 0 aromatic rings. The summed E-state index contributed by atoms with van der Waals surface area (Å²) in [7, 11) is 0. The molecule has 64 valence electrons. The number of carbonyl (C=O) groups is 1. The summed E-state index contributed by atoms with van der Waals surface area (Å²) < 4.78 is 0. The molecule has 11 heavy (non-hydrogen) atoms. The van der Waals surface area contributed by atoms with Gasteiger partial charge < -0.3 is 10.2 Å². The van der Waals surface area contributed by atoms with Gasteiger partial charge in [0.05, 0.1) is 0 Å².